The van der Waals surface area contributed by atoms with Crippen molar-refractivity contribution in [1.82, 2.24) is 15.2 Å². The summed E-state index contributed by atoms with van der Waals surface area (Å²) >= 11 is 1.71. The summed E-state index contributed by atoms with van der Waals surface area (Å²) in [5.74, 6) is 0.593. The van der Waals surface area contributed by atoms with Crippen molar-refractivity contribution in [3.63, 3.8) is 0 Å². The first kappa shape index (κ1) is 16.3. The zero-order valence-corrected chi connectivity index (χ0v) is 14.9. The summed E-state index contributed by atoms with van der Waals surface area (Å²) in [6, 6.07) is 15.6. The van der Waals surface area contributed by atoms with Crippen LogP contribution in [0, 0.1) is 6.92 Å². The number of para-hydroxylation sites is 1. The van der Waals surface area contributed by atoms with Gasteiger partial charge in [0.25, 0.3) is 0 Å². The van der Waals surface area contributed by atoms with Gasteiger partial charge in [-0.1, -0.05) is 24.3 Å². The van der Waals surface area contributed by atoms with Crippen molar-refractivity contribution in [3.05, 3.63) is 70.9 Å². The number of benzene rings is 2. The number of anilines is 2. The highest BCUT2D eigenvalue weighted by atomic mass is 32.1. The molecule has 2 heterocycles. The Morgan fingerprint density at radius 2 is 1.92 bits per heavy atom. The van der Waals surface area contributed by atoms with Crippen LogP contribution in [0.2, 0.25) is 0 Å². The van der Waals surface area contributed by atoms with Crippen LogP contribution in [-0.2, 0) is 6.42 Å². The summed E-state index contributed by atoms with van der Waals surface area (Å²) in [6.07, 6.45) is 2.44. The van der Waals surface area contributed by atoms with Gasteiger partial charge in [-0.25, -0.2) is 9.78 Å². The van der Waals surface area contributed by atoms with Crippen LogP contribution in [0.5, 0.6) is 0 Å². The van der Waals surface area contributed by atoms with Crippen molar-refractivity contribution in [2.75, 3.05) is 10.6 Å². The Bertz CT molecular complexity index is 1020. The Balaban J connectivity index is 1.40. The topological polar surface area (TPSA) is 82.7 Å². The number of carbonyl (C=O) groups is 1. The first-order valence-corrected chi connectivity index (χ1v) is 9.00. The number of amides is 2. The number of nitrogens with one attached hydrogen (secondary N) is 3. The Morgan fingerprint density at radius 1 is 1.12 bits per heavy atom. The smallest absolute Gasteiger partial charge is 0.308 e. The van der Waals surface area contributed by atoms with Gasteiger partial charge in [0.2, 0.25) is 0 Å². The predicted molar refractivity (Wildman–Crippen MR) is 105 cm³/mol. The lowest BCUT2D eigenvalue weighted by Gasteiger charge is -2.07. The van der Waals surface area contributed by atoms with E-state index in [-0.39, 0.29) is 6.03 Å². The third kappa shape index (κ3) is 3.57. The monoisotopic (exact) mass is 363 g/mol. The number of carbonyl (C=O) groups excluding carboxylic acids is 1. The molecule has 0 aliphatic carbocycles. The molecule has 0 spiro atoms. The maximum atomic E-state index is 12.0. The van der Waals surface area contributed by atoms with Gasteiger partial charge in [-0.15, -0.1) is 11.3 Å². The molecule has 2 aromatic heterocycles. The summed E-state index contributed by atoms with van der Waals surface area (Å²) in [5.41, 5.74) is 3.80. The number of hydrogen-bond donors (Lipinski definition) is 3. The fourth-order valence-electron chi connectivity index (χ4n) is 2.62. The number of nitrogens with zero attached hydrogens (tertiary/aromatic N) is 2. The maximum Gasteiger partial charge on any atom is 0.324 e. The van der Waals surface area contributed by atoms with Crippen LogP contribution in [0.25, 0.3) is 10.2 Å². The SMILES string of the molecule is Cc1cn[nH]c1NC(=O)Nc1ccc(Cc2nc3ccccc3s2)cc1. The standard InChI is InChI=1S/C19H17N5OS/c1-12-11-20-24-18(12)23-19(25)21-14-8-6-13(7-9-14)10-17-22-15-4-2-3-5-16(15)26-17/h2-9,11H,10H2,1H3,(H3,20,21,23,24,25). The van der Waals surface area contributed by atoms with Crippen LogP contribution in [0.3, 0.4) is 0 Å². The summed E-state index contributed by atoms with van der Waals surface area (Å²) in [7, 11) is 0. The zero-order valence-electron chi connectivity index (χ0n) is 14.1. The molecule has 4 rings (SSSR count). The van der Waals surface area contributed by atoms with E-state index in [0.29, 0.717) is 5.82 Å². The molecule has 7 heteroatoms. The van der Waals surface area contributed by atoms with Crippen LogP contribution in [0.1, 0.15) is 16.1 Å². The third-order valence-corrected chi connectivity index (χ3v) is 5.01. The van der Waals surface area contributed by atoms with E-state index in [9.17, 15) is 4.79 Å². The molecule has 2 amide bonds. The van der Waals surface area contributed by atoms with Gasteiger partial charge in [0.15, 0.2) is 0 Å². The Morgan fingerprint density at radius 3 is 2.65 bits per heavy atom. The number of aromatic amines is 1. The zero-order chi connectivity index (χ0) is 17.9. The minimum absolute atomic E-state index is 0.309. The summed E-state index contributed by atoms with van der Waals surface area (Å²) in [4.78, 5) is 16.7. The quantitative estimate of drug-likeness (QED) is 0.497. The molecule has 0 unspecified atom stereocenters. The number of aryl methyl sites for hydroxylation is 1. The lowest BCUT2D eigenvalue weighted by Crippen LogP contribution is -2.20. The molecule has 0 saturated heterocycles. The number of thiazole rings is 1. The number of rotatable bonds is 4. The van der Waals surface area contributed by atoms with E-state index in [4.69, 9.17) is 0 Å². The van der Waals surface area contributed by atoms with Gasteiger partial charge < -0.3 is 5.32 Å². The first-order chi connectivity index (χ1) is 12.7. The maximum absolute atomic E-state index is 12.0. The molecule has 0 atom stereocenters. The highest BCUT2D eigenvalue weighted by Crippen LogP contribution is 2.24. The Labute approximate surface area is 154 Å². The molecule has 0 fully saturated rings. The van der Waals surface area contributed by atoms with Crippen molar-refractivity contribution in [1.29, 1.82) is 0 Å². The molecule has 4 aromatic rings. The molecule has 3 N–H and O–H groups in total. The summed E-state index contributed by atoms with van der Waals surface area (Å²) < 4.78 is 1.20. The van der Waals surface area contributed by atoms with Gasteiger partial charge in [-0.3, -0.25) is 10.4 Å². The van der Waals surface area contributed by atoms with E-state index < -0.39 is 0 Å². The Hall–Kier alpha value is -3.19. The van der Waals surface area contributed by atoms with E-state index in [1.165, 1.54) is 4.70 Å². The second-order valence-corrected chi connectivity index (χ2v) is 7.07. The van der Waals surface area contributed by atoms with Crippen molar-refractivity contribution in [2.45, 2.75) is 13.3 Å². The molecule has 0 bridgehead atoms. The molecular formula is C19H17N5OS. The van der Waals surface area contributed by atoms with Crippen LogP contribution in [0.4, 0.5) is 16.3 Å². The average Bonchev–Trinajstić information content (AvgIpc) is 3.22. The van der Waals surface area contributed by atoms with Crippen LogP contribution < -0.4 is 10.6 Å². The molecular weight excluding hydrogens is 346 g/mol. The van der Waals surface area contributed by atoms with E-state index in [1.54, 1.807) is 17.5 Å². The molecule has 130 valence electrons. The first-order valence-electron chi connectivity index (χ1n) is 8.19. The lowest BCUT2D eigenvalue weighted by molar-refractivity contribution is 0.262. The molecule has 0 aliphatic heterocycles. The van der Waals surface area contributed by atoms with Gasteiger partial charge in [0.05, 0.1) is 21.4 Å². The van der Waals surface area contributed by atoms with E-state index in [1.807, 2.05) is 49.4 Å². The normalized spacial score (nSPS) is 10.8. The van der Waals surface area contributed by atoms with Gasteiger partial charge in [0.1, 0.15) is 5.82 Å². The highest BCUT2D eigenvalue weighted by molar-refractivity contribution is 7.18. The third-order valence-electron chi connectivity index (χ3n) is 3.97. The second-order valence-electron chi connectivity index (χ2n) is 5.96. The lowest BCUT2D eigenvalue weighted by atomic mass is 10.1. The molecule has 2 aromatic carbocycles. The minimum atomic E-state index is -0.309. The van der Waals surface area contributed by atoms with Gasteiger partial charge in [-0.2, -0.15) is 5.10 Å². The van der Waals surface area contributed by atoms with Gasteiger partial charge in [0, 0.05) is 17.7 Å². The number of fused-ring (bicyclic) bond motifs is 1. The summed E-state index contributed by atoms with van der Waals surface area (Å²) in [5, 5.41) is 13.2. The Kier molecular flexibility index (Phi) is 4.37. The average molecular weight is 363 g/mol. The van der Waals surface area contributed by atoms with E-state index in [0.717, 1.165) is 33.8 Å². The minimum Gasteiger partial charge on any atom is -0.308 e. The fraction of sp³-hybridized carbons (Fsp3) is 0.105. The number of hydrogen-bond acceptors (Lipinski definition) is 4. The van der Waals surface area contributed by atoms with Crippen molar-refractivity contribution in [2.24, 2.45) is 0 Å². The van der Waals surface area contributed by atoms with E-state index >= 15 is 0 Å². The van der Waals surface area contributed by atoms with Crippen LogP contribution >= 0.6 is 11.3 Å². The summed E-state index contributed by atoms with van der Waals surface area (Å²) in [6.45, 7) is 1.87. The van der Waals surface area contributed by atoms with Gasteiger partial charge in [-0.05, 0) is 36.8 Å². The van der Waals surface area contributed by atoms with Gasteiger partial charge >= 0.3 is 6.03 Å². The largest absolute Gasteiger partial charge is 0.324 e. The number of H-pyrrole nitrogens is 1. The molecule has 0 aliphatic rings. The highest BCUT2D eigenvalue weighted by Gasteiger charge is 2.07. The van der Waals surface area contributed by atoms with Crippen LogP contribution in [-0.4, -0.2) is 21.2 Å². The number of aromatic nitrogens is 3. The number of urea groups is 1. The van der Waals surface area contributed by atoms with E-state index in [2.05, 4.69) is 31.9 Å². The second kappa shape index (κ2) is 6.97. The molecule has 26 heavy (non-hydrogen) atoms. The van der Waals surface area contributed by atoms with Crippen molar-refractivity contribution >= 4 is 39.1 Å². The predicted octanol–water partition coefficient (Wildman–Crippen LogP) is 4.56. The fourth-order valence-corrected chi connectivity index (χ4v) is 3.63. The molecule has 0 radical (unpaired) electrons. The molecule has 6 nitrogen and oxygen atoms in total. The van der Waals surface area contributed by atoms with Crippen LogP contribution in [0.15, 0.2) is 54.7 Å². The van der Waals surface area contributed by atoms with Crippen molar-refractivity contribution in [3.8, 4) is 0 Å². The molecule has 0 saturated carbocycles. The van der Waals surface area contributed by atoms with Crippen molar-refractivity contribution < 1.29 is 4.79 Å².